The van der Waals surface area contributed by atoms with Crippen LogP contribution in [-0.2, 0) is 20.9 Å². The molecule has 1 aliphatic heterocycles. The van der Waals surface area contributed by atoms with E-state index in [4.69, 9.17) is 9.47 Å². The number of methoxy groups -OCH3 is 2. The van der Waals surface area contributed by atoms with Crippen LogP contribution in [-0.4, -0.2) is 31.0 Å². The third kappa shape index (κ3) is 4.59. The number of hydrogen-bond acceptors (Lipinski definition) is 4. The molecule has 5 nitrogen and oxygen atoms in total. The number of nitrogens with zero attached hydrogens (tertiary/aromatic N) is 1. The molecule has 3 aromatic rings. The van der Waals surface area contributed by atoms with Crippen LogP contribution >= 0.6 is 0 Å². The summed E-state index contributed by atoms with van der Waals surface area (Å²) in [6.07, 6.45) is 3.56. The van der Waals surface area contributed by atoms with Crippen molar-refractivity contribution < 1.29 is 19.1 Å². The summed E-state index contributed by atoms with van der Waals surface area (Å²) in [5, 5.41) is 0. The first-order chi connectivity index (χ1) is 16.9. The lowest BCUT2D eigenvalue weighted by molar-refractivity contribution is -0.184. The van der Waals surface area contributed by atoms with Gasteiger partial charge < -0.3 is 14.4 Å². The first-order valence-corrected chi connectivity index (χ1v) is 11.8. The van der Waals surface area contributed by atoms with Gasteiger partial charge in [-0.05, 0) is 40.3 Å². The smallest absolute Gasteiger partial charge is 0.327 e. The van der Waals surface area contributed by atoms with E-state index in [0.29, 0.717) is 12.5 Å². The van der Waals surface area contributed by atoms with Gasteiger partial charge in [-0.15, -0.1) is 0 Å². The summed E-state index contributed by atoms with van der Waals surface area (Å²) in [7, 11) is 2.95. The Bertz CT molecular complexity index is 1200. The first kappa shape index (κ1) is 24.3. The van der Waals surface area contributed by atoms with E-state index in [2.05, 4.69) is 26.0 Å². The number of rotatable bonds is 8. The van der Waals surface area contributed by atoms with Crippen molar-refractivity contribution in [1.29, 1.82) is 0 Å². The quantitative estimate of drug-likeness (QED) is 0.239. The number of likely N-dealkylation sites (tertiary alicyclic amines) is 1. The van der Waals surface area contributed by atoms with Crippen molar-refractivity contribution in [2.75, 3.05) is 14.2 Å². The number of carbonyl (C=O) groups is 2. The third-order valence-electron chi connectivity index (χ3n) is 6.65. The van der Waals surface area contributed by atoms with Crippen molar-refractivity contribution in [3.63, 3.8) is 0 Å². The number of hydrogen-bond donors (Lipinski definition) is 0. The predicted octanol–water partition coefficient (Wildman–Crippen LogP) is 5.77. The average molecular weight is 470 g/mol. The zero-order chi connectivity index (χ0) is 25.0. The maximum Gasteiger partial charge on any atom is 0.327 e. The van der Waals surface area contributed by atoms with Gasteiger partial charge in [-0.2, -0.15) is 0 Å². The Morgan fingerprint density at radius 1 is 0.971 bits per heavy atom. The van der Waals surface area contributed by atoms with Crippen LogP contribution in [0.25, 0.3) is 6.08 Å². The number of carbonyl (C=O) groups excluding carboxylic acids is 2. The lowest BCUT2D eigenvalue weighted by atomic mass is 9.67. The van der Waals surface area contributed by atoms with Gasteiger partial charge in [0.25, 0.3) is 0 Å². The lowest BCUT2D eigenvalue weighted by Crippen LogP contribution is -2.65. The molecule has 5 heteroatoms. The molecule has 4 rings (SSSR count). The molecule has 1 aliphatic rings. The second-order valence-electron chi connectivity index (χ2n) is 9.11. The highest BCUT2D eigenvalue weighted by Gasteiger charge is 2.65. The molecule has 0 spiro atoms. The van der Waals surface area contributed by atoms with Crippen LogP contribution in [0.4, 0.5) is 0 Å². The van der Waals surface area contributed by atoms with Gasteiger partial charge >= 0.3 is 5.97 Å². The zero-order valence-electron chi connectivity index (χ0n) is 20.6. The van der Waals surface area contributed by atoms with Crippen molar-refractivity contribution in [2.24, 2.45) is 5.41 Å². The van der Waals surface area contributed by atoms with Crippen LogP contribution in [0.1, 0.15) is 48.1 Å². The van der Waals surface area contributed by atoms with Gasteiger partial charge in [0, 0.05) is 6.54 Å². The molecule has 0 aliphatic carbocycles. The average Bonchev–Trinajstić information content (AvgIpc) is 2.90. The van der Waals surface area contributed by atoms with Gasteiger partial charge in [0.15, 0.2) is 5.41 Å². The van der Waals surface area contributed by atoms with E-state index < -0.39 is 17.4 Å². The Morgan fingerprint density at radius 3 is 2.20 bits per heavy atom. The summed E-state index contributed by atoms with van der Waals surface area (Å²) in [6, 6.07) is 24.9. The van der Waals surface area contributed by atoms with Gasteiger partial charge in [0.2, 0.25) is 5.91 Å². The largest absolute Gasteiger partial charge is 0.497 e. The van der Waals surface area contributed by atoms with E-state index >= 15 is 0 Å². The molecule has 0 saturated carbocycles. The molecular formula is C30H31NO4. The van der Waals surface area contributed by atoms with Crippen LogP contribution in [0.15, 0.2) is 84.9 Å². The summed E-state index contributed by atoms with van der Waals surface area (Å²) in [4.78, 5) is 28.7. The minimum absolute atomic E-state index is 0.274. The summed E-state index contributed by atoms with van der Waals surface area (Å²) in [6.45, 7) is 4.66. The zero-order valence-corrected chi connectivity index (χ0v) is 20.6. The molecule has 0 N–H and O–H groups in total. The molecular weight excluding hydrogens is 438 g/mol. The first-order valence-electron chi connectivity index (χ1n) is 11.8. The second-order valence-corrected chi connectivity index (χ2v) is 9.11. The number of β-lactam (4-membered cyclic amide) rings is 1. The molecule has 0 aromatic heterocycles. The Hall–Kier alpha value is -3.86. The van der Waals surface area contributed by atoms with Crippen LogP contribution in [0.3, 0.4) is 0 Å². The topological polar surface area (TPSA) is 55.8 Å². The maximum absolute atomic E-state index is 13.7. The molecule has 2 atom stereocenters. The fourth-order valence-corrected chi connectivity index (χ4v) is 4.64. The van der Waals surface area contributed by atoms with Gasteiger partial charge in [-0.3, -0.25) is 9.59 Å². The molecule has 0 bridgehead atoms. The van der Waals surface area contributed by atoms with Crippen LogP contribution in [0, 0.1) is 5.41 Å². The second kappa shape index (κ2) is 10.2. The molecule has 0 unspecified atom stereocenters. The molecule has 0 radical (unpaired) electrons. The van der Waals surface area contributed by atoms with E-state index in [1.165, 1.54) is 12.7 Å². The van der Waals surface area contributed by atoms with Crippen LogP contribution in [0.2, 0.25) is 0 Å². The monoisotopic (exact) mass is 469 g/mol. The van der Waals surface area contributed by atoms with Gasteiger partial charge in [-0.25, -0.2) is 0 Å². The molecule has 1 fully saturated rings. The van der Waals surface area contributed by atoms with Crippen molar-refractivity contribution in [2.45, 2.75) is 32.4 Å². The van der Waals surface area contributed by atoms with Crippen molar-refractivity contribution in [3.05, 3.63) is 107 Å². The third-order valence-corrected chi connectivity index (χ3v) is 6.65. The van der Waals surface area contributed by atoms with Crippen molar-refractivity contribution >= 4 is 18.0 Å². The van der Waals surface area contributed by atoms with Crippen molar-refractivity contribution in [1.82, 2.24) is 4.90 Å². The van der Waals surface area contributed by atoms with Gasteiger partial charge in [-0.1, -0.05) is 92.7 Å². The fraction of sp³-hybridized carbons (Fsp3) is 0.267. The van der Waals surface area contributed by atoms with Crippen LogP contribution in [0.5, 0.6) is 5.75 Å². The normalized spacial score (nSPS) is 19.6. The number of benzene rings is 3. The highest BCUT2D eigenvalue weighted by Crippen LogP contribution is 2.53. The van der Waals surface area contributed by atoms with E-state index in [9.17, 15) is 9.59 Å². The minimum atomic E-state index is -1.43. The van der Waals surface area contributed by atoms with Crippen molar-refractivity contribution in [3.8, 4) is 5.75 Å². The minimum Gasteiger partial charge on any atom is -0.497 e. The SMILES string of the molecule is COC(=O)[C@]1(/C=C/c2ccc(C(C)C)cc2)C(=O)N(Cc2ccc(OC)cc2)[C@@H]1c1ccccc1. The summed E-state index contributed by atoms with van der Waals surface area (Å²) >= 11 is 0. The molecule has 35 heavy (non-hydrogen) atoms. The number of amides is 1. The van der Waals surface area contributed by atoms with E-state index in [-0.39, 0.29) is 5.91 Å². The Kier molecular flexibility index (Phi) is 7.06. The molecule has 3 aromatic carbocycles. The predicted molar refractivity (Wildman–Crippen MR) is 137 cm³/mol. The maximum atomic E-state index is 13.7. The molecule has 1 heterocycles. The highest BCUT2D eigenvalue weighted by atomic mass is 16.5. The summed E-state index contributed by atoms with van der Waals surface area (Å²) in [5.74, 6) is 0.344. The molecule has 1 saturated heterocycles. The highest BCUT2D eigenvalue weighted by molar-refractivity contribution is 6.11. The molecule has 1 amide bonds. The Morgan fingerprint density at radius 2 is 1.63 bits per heavy atom. The summed E-state index contributed by atoms with van der Waals surface area (Å²) < 4.78 is 10.4. The molecule has 180 valence electrons. The summed E-state index contributed by atoms with van der Waals surface area (Å²) in [5.41, 5.74) is 2.56. The van der Waals surface area contributed by atoms with Gasteiger partial charge in [0.1, 0.15) is 5.75 Å². The Balaban J connectivity index is 1.72. The lowest BCUT2D eigenvalue weighted by Gasteiger charge is -2.53. The van der Waals surface area contributed by atoms with E-state index in [0.717, 1.165) is 22.4 Å². The van der Waals surface area contributed by atoms with E-state index in [1.54, 1.807) is 18.1 Å². The fourth-order valence-electron chi connectivity index (χ4n) is 4.64. The number of ether oxygens (including phenoxy) is 2. The standard InChI is InChI=1S/C30H31NO4/c1-21(2)24-14-10-22(11-15-24)18-19-30(29(33)35-4)27(25-8-6-5-7-9-25)31(28(30)32)20-23-12-16-26(34-3)17-13-23/h5-19,21,27H,20H2,1-4H3/b19-18+/t27-,30+/m1/s1. The van der Waals surface area contributed by atoms with E-state index in [1.807, 2.05) is 72.8 Å². The number of esters is 1. The van der Waals surface area contributed by atoms with Crippen LogP contribution < -0.4 is 4.74 Å². The Labute approximate surface area is 207 Å². The van der Waals surface area contributed by atoms with Gasteiger partial charge in [0.05, 0.1) is 20.3 Å².